The van der Waals surface area contributed by atoms with Crippen molar-refractivity contribution >= 4 is 28.6 Å². The van der Waals surface area contributed by atoms with Crippen LogP contribution in [0.1, 0.15) is 18.6 Å². The third kappa shape index (κ3) is 6.69. The number of allylic oxidation sites excluding steroid dienone is 1. The van der Waals surface area contributed by atoms with E-state index in [-0.39, 0.29) is 22.4 Å². The lowest BCUT2D eigenvalue weighted by Crippen LogP contribution is -2.12. The Morgan fingerprint density at radius 2 is 1.73 bits per heavy atom. The van der Waals surface area contributed by atoms with E-state index in [1.54, 1.807) is 24.3 Å². The topological polar surface area (TPSA) is 89.7 Å². The smallest absolute Gasteiger partial charge is 0.451 e. The molecule has 33 heavy (non-hydrogen) atoms. The molecule has 0 spiro atoms. The number of ether oxygens (including phenoxy) is 1. The molecule has 0 saturated carbocycles. The first-order chi connectivity index (χ1) is 15.7. The summed E-state index contributed by atoms with van der Waals surface area (Å²) in [6.07, 6.45) is -2.93. The molecule has 0 aliphatic heterocycles. The number of nitrogens with one attached hydrogen (secondary N) is 1. The van der Waals surface area contributed by atoms with Gasteiger partial charge in [0.15, 0.2) is 0 Å². The number of nitrogen functional groups attached to an aromatic ring is 1. The molecule has 0 saturated heterocycles. The normalized spacial score (nSPS) is 11.1. The number of alkyl halides is 3. The summed E-state index contributed by atoms with van der Waals surface area (Å²) >= 11 is 1.05. The molecule has 0 fully saturated rings. The van der Waals surface area contributed by atoms with Gasteiger partial charge in [0.25, 0.3) is 0 Å². The van der Waals surface area contributed by atoms with Gasteiger partial charge in [-0.25, -0.2) is 19.3 Å². The van der Waals surface area contributed by atoms with Crippen molar-refractivity contribution in [1.29, 1.82) is 0 Å². The summed E-state index contributed by atoms with van der Waals surface area (Å²) in [5.74, 6) is -0.107. The van der Waals surface area contributed by atoms with Crippen LogP contribution >= 0.6 is 11.8 Å². The van der Waals surface area contributed by atoms with Crippen LogP contribution in [-0.2, 0) is 11.9 Å². The molecular weight excluding hydrogens is 458 g/mol. The Morgan fingerprint density at radius 3 is 2.39 bits per heavy atom. The summed E-state index contributed by atoms with van der Waals surface area (Å²) in [6, 6.07) is 12.1. The third-order valence-corrected chi connectivity index (χ3v) is 4.81. The predicted molar refractivity (Wildman–Crippen MR) is 119 cm³/mol. The first kappa shape index (κ1) is 24.1. The van der Waals surface area contributed by atoms with E-state index < -0.39 is 12.0 Å². The first-order valence-electron chi connectivity index (χ1n) is 9.51. The van der Waals surface area contributed by atoms with Gasteiger partial charge in [0, 0.05) is 12.1 Å². The van der Waals surface area contributed by atoms with Crippen LogP contribution in [0, 0.1) is 5.82 Å². The maximum atomic E-state index is 13.0. The fourth-order valence-electron chi connectivity index (χ4n) is 2.60. The van der Waals surface area contributed by atoms with Gasteiger partial charge in [-0.15, -0.1) is 6.58 Å². The highest BCUT2D eigenvalue weighted by Crippen LogP contribution is 2.30. The monoisotopic (exact) mass is 477 g/mol. The van der Waals surface area contributed by atoms with Crippen molar-refractivity contribution < 1.29 is 22.3 Å². The molecule has 4 rings (SSSR count). The molecule has 0 bridgehead atoms. The summed E-state index contributed by atoms with van der Waals surface area (Å²) in [6.45, 7) is 5.25. The third-order valence-electron chi connectivity index (χ3n) is 3.88. The molecule has 172 valence electrons. The van der Waals surface area contributed by atoms with Crippen LogP contribution in [0.15, 0.2) is 66.2 Å². The molecule has 0 amide bonds. The average molecular weight is 477 g/mol. The summed E-state index contributed by atoms with van der Waals surface area (Å²) < 4.78 is 57.2. The molecule has 2 aromatic heterocycles. The van der Waals surface area contributed by atoms with Gasteiger partial charge in [0.2, 0.25) is 5.82 Å². The Kier molecular flexibility index (Phi) is 7.54. The number of anilines is 1. The molecule has 2 aromatic carbocycles. The Bertz CT molecular complexity index is 1240. The number of hydrogen-bond donors (Lipinski definition) is 2. The van der Waals surface area contributed by atoms with Crippen LogP contribution < -0.4 is 10.5 Å². The van der Waals surface area contributed by atoms with Crippen molar-refractivity contribution in [2.45, 2.75) is 23.9 Å². The van der Waals surface area contributed by atoms with Crippen molar-refractivity contribution in [1.82, 2.24) is 19.9 Å². The van der Waals surface area contributed by atoms with Gasteiger partial charge in [-0.1, -0.05) is 17.8 Å². The second kappa shape index (κ2) is 10.3. The van der Waals surface area contributed by atoms with E-state index in [1.807, 2.05) is 6.92 Å². The zero-order chi connectivity index (χ0) is 24.0. The first-order valence-corrected chi connectivity index (χ1v) is 10.5. The molecule has 0 radical (unpaired) electrons. The molecule has 0 atom stereocenters. The standard InChI is InChI=1S/C19H13F4N5OS.C3H6/c20-10-1-3-11(4-2-10)29-12-5-6-13-14(7-12)26-16(25-13)9-30-17-8-15(24)27-18(28-17)19(21,22)23;1-3-2/h1-8H,9H2,(H,25,26)(H2,24,27,28);3H,1H2,2H3. The molecule has 0 aliphatic rings. The summed E-state index contributed by atoms with van der Waals surface area (Å²) in [5.41, 5.74) is 6.80. The van der Waals surface area contributed by atoms with Gasteiger partial charge < -0.3 is 15.5 Å². The average Bonchev–Trinajstić information content (AvgIpc) is 3.16. The molecule has 6 nitrogen and oxygen atoms in total. The summed E-state index contributed by atoms with van der Waals surface area (Å²) in [7, 11) is 0. The van der Waals surface area contributed by atoms with Gasteiger partial charge in [-0.2, -0.15) is 13.2 Å². The van der Waals surface area contributed by atoms with Gasteiger partial charge in [-0.3, -0.25) is 0 Å². The zero-order valence-electron chi connectivity index (χ0n) is 17.4. The number of nitrogens with two attached hydrogens (primary N) is 1. The number of benzene rings is 2. The van der Waals surface area contributed by atoms with Crippen molar-refractivity contribution in [3.63, 3.8) is 0 Å². The largest absolute Gasteiger partial charge is 0.457 e. The number of rotatable bonds is 5. The van der Waals surface area contributed by atoms with Gasteiger partial charge in [0.05, 0.1) is 16.8 Å². The molecule has 0 aliphatic carbocycles. The van der Waals surface area contributed by atoms with E-state index in [1.165, 1.54) is 30.3 Å². The van der Waals surface area contributed by atoms with E-state index in [2.05, 4.69) is 26.5 Å². The quantitative estimate of drug-likeness (QED) is 0.150. The maximum Gasteiger partial charge on any atom is 0.451 e. The Hall–Kier alpha value is -3.60. The second-order valence-corrected chi connectivity index (χ2v) is 7.56. The van der Waals surface area contributed by atoms with Crippen molar-refractivity contribution in [3.05, 3.63) is 78.7 Å². The Morgan fingerprint density at radius 1 is 1.06 bits per heavy atom. The number of nitrogens with zero attached hydrogens (tertiary/aromatic N) is 3. The van der Waals surface area contributed by atoms with E-state index >= 15 is 0 Å². The highest BCUT2D eigenvalue weighted by Gasteiger charge is 2.35. The number of imidazole rings is 1. The lowest BCUT2D eigenvalue weighted by Gasteiger charge is -2.07. The van der Waals surface area contributed by atoms with Crippen molar-refractivity contribution in [2.24, 2.45) is 0 Å². The van der Waals surface area contributed by atoms with E-state index in [0.29, 0.717) is 28.4 Å². The minimum absolute atomic E-state index is 0.0932. The van der Waals surface area contributed by atoms with Gasteiger partial charge >= 0.3 is 6.18 Å². The van der Waals surface area contributed by atoms with Crippen LogP contribution in [-0.4, -0.2) is 19.9 Å². The van der Waals surface area contributed by atoms with Crippen LogP contribution in [0.5, 0.6) is 11.5 Å². The van der Waals surface area contributed by atoms with Gasteiger partial charge in [0.1, 0.15) is 34.0 Å². The number of hydrogen-bond acceptors (Lipinski definition) is 6. The molecule has 4 aromatic rings. The van der Waals surface area contributed by atoms with Crippen LogP contribution in [0.25, 0.3) is 11.0 Å². The van der Waals surface area contributed by atoms with Crippen LogP contribution in [0.3, 0.4) is 0 Å². The minimum Gasteiger partial charge on any atom is -0.457 e. The lowest BCUT2D eigenvalue weighted by atomic mass is 10.3. The predicted octanol–water partition coefficient (Wildman–Crippen LogP) is 6.37. The van der Waals surface area contributed by atoms with Crippen molar-refractivity contribution in [3.8, 4) is 11.5 Å². The van der Waals surface area contributed by atoms with Crippen molar-refractivity contribution in [2.75, 3.05) is 5.73 Å². The SMILES string of the molecule is C=CC.Nc1cc(SCc2nc3ccc(Oc4ccc(F)cc4)cc3[nH]2)nc(C(F)(F)F)n1. The Labute approximate surface area is 190 Å². The van der Waals surface area contributed by atoms with E-state index in [9.17, 15) is 17.6 Å². The highest BCUT2D eigenvalue weighted by molar-refractivity contribution is 7.98. The maximum absolute atomic E-state index is 13.0. The summed E-state index contributed by atoms with van der Waals surface area (Å²) in [4.78, 5) is 14.2. The van der Waals surface area contributed by atoms with Gasteiger partial charge in [-0.05, 0) is 43.3 Å². The molecular formula is C22H19F4N5OS. The van der Waals surface area contributed by atoms with Crippen LogP contribution in [0.2, 0.25) is 0 Å². The fraction of sp³-hybridized carbons (Fsp3) is 0.136. The van der Waals surface area contributed by atoms with E-state index in [4.69, 9.17) is 10.5 Å². The number of aromatic amines is 1. The van der Waals surface area contributed by atoms with Crippen LogP contribution in [0.4, 0.5) is 23.4 Å². The zero-order valence-corrected chi connectivity index (χ0v) is 18.2. The molecule has 2 heterocycles. The number of fused-ring (bicyclic) bond motifs is 1. The summed E-state index contributed by atoms with van der Waals surface area (Å²) in [5, 5.41) is 0.0932. The number of halogens is 4. The fourth-order valence-corrected chi connectivity index (χ4v) is 3.37. The highest BCUT2D eigenvalue weighted by atomic mass is 32.2. The second-order valence-electron chi connectivity index (χ2n) is 6.57. The molecule has 3 N–H and O–H groups in total. The van der Waals surface area contributed by atoms with E-state index in [0.717, 1.165) is 11.8 Å². The minimum atomic E-state index is -4.68. The molecule has 0 unspecified atom stereocenters. The number of H-pyrrole nitrogens is 1. The lowest BCUT2D eigenvalue weighted by molar-refractivity contribution is -0.145. The molecule has 11 heteroatoms. The number of aromatic nitrogens is 4. The Balaban J connectivity index is 0.000000968. The number of thioether (sulfide) groups is 1.